The number of halogens is 1. The van der Waals surface area contributed by atoms with Crippen molar-refractivity contribution in [3.05, 3.63) is 46.6 Å². The number of hydrogen-bond donors (Lipinski definition) is 1. The molecular formula is C19H23ClN4O4. The molecule has 1 aliphatic heterocycles. The Labute approximate surface area is 168 Å². The van der Waals surface area contributed by atoms with Gasteiger partial charge in [0.05, 0.1) is 19.6 Å². The van der Waals surface area contributed by atoms with Crippen molar-refractivity contribution in [1.29, 1.82) is 0 Å². The second-order valence-corrected chi connectivity index (χ2v) is 7.55. The van der Waals surface area contributed by atoms with E-state index in [0.29, 0.717) is 23.2 Å². The van der Waals surface area contributed by atoms with Gasteiger partial charge in [-0.2, -0.15) is 0 Å². The van der Waals surface area contributed by atoms with Crippen LogP contribution in [0.5, 0.6) is 0 Å². The standard InChI is InChI=1S/C19H23ClN4O4/c1-11-22-23-15(28-11)10-21-17(25)14-9-19(2,18(26)27-4)24(3)16(14)12-5-7-13(20)8-6-12/h5-8,14,16H,9-10H2,1-4H3,(H,21,25)/t14-,16-,19-/m0/s1. The van der Waals surface area contributed by atoms with Gasteiger partial charge in [-0.05, 0) is 38.1 Å². The van der Waals surface area contributed by atoms with Crippen LogP contribution < -0.4 is 5.32 Å². The smallest absolute Gasteiger partial charge is 0.326 e. The van der Waals surface area contributed by atoms with E-state index in [2.05, 4.69) is 15.5 Å². The average Bonchev–Trinajstić information content (AvgIpc) is 3.22. The fraction of sp³-hybridized carbons (Fsp3) is 0.474. The van der Waals surface area contributed by atoms with Crippen LogP contribution in [0, 0.1) is 12.8 Å². The molecule has 0 saturated carbocycles. The summed E-state index contributed by atoms with van der Waals surface area (Å²) in [5.74, 6) is -0.288. The van der Waals surface area contributed by atoms with E-state index >= 15 is 0 Å². The molecule has 3 rings (SSSR count). The molecule has 28 heavy (non-hydrogen) atoms. The molecule has 9 heteroatoms. The number of benzene rings is 1. The number of aryl methyl sites for hydroxylation is 1. The lowest BCUT2D eigenvalue weighted by atomic mass is 9.89. The minimum absolute atomic E-state index is 0.127. The third kappa shape index (κ3) is 3.74. The highest BCUT2D eigenvalue weighted by Crippen LogP contribution is 2.46. The van der Waals surface area contributed by atoms with E-state index in [1.807, 2.05) is 24.1 Å². The van der Waals surface area contributed by atoms with E-state index in [4.69, 9.17) is 20.8 Å². The van der Waals surface area contributed by atoms with Crippen LogP contribution in [0.15, 0.2) is 28.7 Å². The number of aromatic nitrogens is 2. The first-order chi connectivity index (χ1) is 13.3. The number of esters is 1. The monoisotopic (exact) mass is 406 g/mol. The summed E-state index contributed by atoms with van der Waals surface area (Å²) in [6.45, 7) is 3.60. The maximum atomic E-state index is 13.0. The summed E-state index contributed by atoms with van der Waals surface area (Å²) in [5, 5.41) is 11.1. The molecule has 1 aliphatic rings. The number of ether oxygens (including phenoxy) is 1. The topological polar surface area (TPSA) is 97.6 Å². The summed E-state index contributed by atoms with van der Waals surface area (Å²) in [4.78, 5) is 27.4. The number of rotatable bonds is 5. The molecule has 1 aromatic heterocycles. The van der Waals surface area contributed by atoms with Gasteiger partial charge in [-0.3, -0.25) is 14.5 Å². The van der Waals surface area contributed by atoms with Crippen molar-refractivity contribution in [2.45, 2.75) is 38.4 Å². The van der Waals surface area contributed by atoms with Gasteiger partial charge >= 0.3 is 5.97 Å². The van der Waals surface area contributed by atoms with Crippen molar-refractivity contribution >= 4 is 23.5 Å². The van der Waals surface area contributed by atoms with Crippen molar-refractivity contribution in [1.82, 2.24) is 20.4 Å². The maximum Gasteiger partial charge on any atom is 0.326 e. The van der Waals surface area contributed by atoms with Crippen molar-refractivity contribution in [2.24, 2.45) is 5.92 Å². The molecule has 0 unspecified atom stereocenters. The first-order valence-corrected chi connectivity index (χ1v) is 9.27. The molecule has 8 nitrogen and oxygen atoms in total. The summed E-state index contributed by atoms with van der Waals surface area (Å²) < 4.78 is 10.3. The van der Waals surface area contributed by atoms with Crippen LogP contribution in [0.3, 0.4) is 0 Å². The van der Waals surface area contributed by atoms with Crippen LogP contribution in [0.4, 0.5) is 0 Å². The van der Waals surface area contributed by atoms with Gasteiger partial charge in [0.2, 0.25) is 17.7 Å². The average molecular weight is 407 g/mol. The SMILES string of the molecule is COC(=O)[C@]1(C)C[C@H](C(=O)NCc2nnc(C)o2)[C@H](c2ccc(Cl)cc2)N1C. The lowest BCUT2D eigenvalue weighted by Crippen LogP contribution is -2.47. The minimum atomic E-state index is -0.928. The van der Waals surface area contributed by atoms with Gasteiger partial charge < -0.3 is 14.5 Å². The summed E-state index contributed by atoms with van der Waals surface area (Å²) in [6.07, 6.45) is 0.318. The molecule has 0 aliphatic carbocycles. The zero-order valence-corrected chi connectivity index (χ0v) is 17.0. The lowest BCUT2D eigenvalue weighted by Gasteiger charge is -2.33. The molecule has 1 N–H and O–H groups in total. The number of amides is 1. The van der Waals surface area contributed by atoms with Crippen LogP contribution in [0.2, 0.25) is 5.02 Å². The highest BCUT2D eigenvalue weighted by atomic mass is 35.5. The van der Waals surface area contributed by atoms with E-state index in [0.717, 1.165) is 5.56 Å². The zero-order valence-electron chi connectivity index (χ0n) is 16.2. The van der Waals surface area contributed by atoms with Gasteiger partial charge in [-0.1, -0.05) is 23.7 Å². The summed E-state index contributed by atoms with van der Waals surface area (Å²) in [6, 6.07) is 6.97. The molecule has 2 aromatic rings. The number of nitrogens with one attached hydrogen (secondary N) is 1. The molecule has 0 bridgehead atoms. The molecule has 0 radical (unpaired) electrons. The van der Waals surface area contributed by atoms with Crippen LogP contribution in [0.25, 0.3) is 0 Å². The quantitative estimate of drug-likeness (QED) is 0.760. The van der Waals surface area contributed by atoms with Gasteiger partial charge in [0.15, 0.2) is 0 Å². The van der Waals surface area contributed by atoms with Crippen molar-refractivity contribution in [3.63, 3.8) is 0 Å². The number of methoxy groups -OCH3 is 1. The fourth-order valence-electron chi connectivity index (χ4n) is 3.76. The van der Waals surface area contributed by atoms with E-state index < -0.39 is 11.5 Å². The Bertz CT molecular complexity index is 869. The molecule has 150 valence electrons. The summed E-state index contributed by atoms with van der Waals surface area (Å²) >= 11 is 6.01. The normalized spacial score (nSPS) is 24.9. The largest absolute Gasteiger partial charge is 0.468 e. The highest BCUT2D eigenvalue weighted by molar-refractivity contribution is 6.30. The molecule has 3 atom stereocenters. The van der Waals surface area contributed by atoms with Gasteiger partial charge in [0.25, 0.3) is 0 Å². The summed E-state index contributed by atoms with van der Waals surface area (Å²) in [7, 11) is 3.18. The zero-order chi connectivity index (χ0) is 20.5. The van der Waals surface area contributed by atoms with Gasteiger partial charge in [-0.15, -0.1) is 10.2 Å². The van der Waals surface area contributed by atoms with E-state index in [-0.39, 0.29) is 24.5 Å². The Morgan fingerprint density at radius 3 is 2.61 bits per heavy atom. The molecule has 1 fully saturated rings. The second-order valence-electron chi connectivity index (χ2n) is 7.12. The number of nitrogens with zero attached hydrogens (tertiary/aromatic N) is 3. The molecule has 1 amide bonds. The van der Waals surface area contributed by atoms with E-state index in [1.54, 1.807) is 26.0 Å². The molecule has 1 saturated heterocycles. The number of likely N-dealkylation sites (tertiary alicyclic amines) is 1. The van der Waals surface area contributed by atoms with Crippen LogP contribution >= 0.6 is 11.6 Å². The molecular weight excluding hydrogens is 384 g/mol. The fourth-order valence-corrected chi connectivity index (χ4v) is 3.89. The number of likely N-dealkylation sites (N-methyl/N-ethyl adjacent to an activating group) is 1. The van der Waals surface area contributed by atoms with E-state index in [1.165, 1.54) is 7.11 Å². The van der Waals surface area contributed by atoms with Crippen LogP contribution in [-0.2, 0) is 20.9 Å². The third-order valence-corrected chi connectivity index (χ3v) is 5.60. The van der Waals surface area contributed by atoms with Crippen molar-refractivity contribution < 1.29 is 18.7 Å². The molecule has 1 aromatic carbocycles. The highest BCUT2D eigenvalue weighted by Gasteiger charge is 2.54. The third-order valence-electron chi connectivity index (χ3n) is 5.35. The first-order valence-electron chi connectivity index (χ1n) is 8.90. The van der Waals surface area contributed by atoms with E-state index in [9.17, 15) is 9.59 Å². The summed E-state index contributed by atoms with van der Waals surface area (Å²) in [5.41, 5.74) is -0.0319. The van der Waals surface area contributed by atoms with Gasteiger partial charge in [0, 0.05) is 18.0 Å². The van der Waals surface area contributed by atoms with Gasteiger partial charge in [-0.25, -0.2) is 0 Å². The maximum absolute atomic E-state index is 13.0. The number of carbonyl (C=O) groups is 2. The van der Waals surface area contributed by atoms with Crippen molar-refractivity contribution in [3.8, 4) is 0 Å². The molecule has 2 heterocycles. The Balaban J connectivity index is 1.87. The van der Waals surface area contributed by atoms with Gasteiger partial charge in [0.1, 0.15) is 5.54 Å². The Hall–Kier alpha value is -2.45. The Morgan fingerprint density at radius 1 is 1.36 bits per heavy atom. The first kappa shape index (κ1) is 20.3. The Kier molecular flexibility index (Phi) is 5.71. The predicted molar refractivity (Wildman–Crippen MR) is 101 cm³/mol. The molecule has 0 spiro atoms. The van der Waals surface area contributed by atoms with Crippen LogP contribution in [-0.4, -0.2) is 46.7 Å². The number of carbonyl (C=O) groups excluding carboxylic acids is 2. The second kappa shape index (κ2) is 7.89. The predicted octanol–water partition coefficient (Wildman–Crippen LogP) is 2.27. The Morgan fingerprint density at radius 2 is 2.04 bits per heavy atom. The van der Waals surface area contributed by atoms with Crippen LogP contribution in [0.1, 0.15) is 36.7 Å². The lowest BCUT2D eigenvalue weighted by molar-refractivity contribution is -0.152. The minimum Gasteiger partial charge on any atom is -0.468 e. The van der Waals surface area contributed by atoms with Crippen molar-refractivity contribution in [2.75, 3.05) is 14.2 Å². The number of hydrogen-bond acceptors (Lipinski definition) is 7.